The van der Waals surface area contributed by atoms with Gasteiger partial charge in [0.1, 0.15) is 5.82 Å². The van der Waals surface area contributed by atoms with Gasteiger partial charge in [0.2, 0.25) is 5.91 Å². The number of carbonyl (C=O) groups excluding carboxylic acids is 1. The standard InChI is InChI=1S/C11H14BrFN2O/c1-11(2,14-3)10(16)15-9-5-4-7(13)6-8(9)12/h4-6,14H,1-3H3,(H,15,16). The second kappa shape index (κ2) is 4.93. The molecule has 3 nitrogen and oxygen atoms in total. The van der Waals surface area contributed by atoms with Gasteiger partial charge >= 0.3 is 0 Å². The van der Waals surface area contributed by atoms with Gasteiger partial charge in [-0.3, -0.25) is 4.79 Å². The summed E-state index contributed by atoms with van der Waals surface area (Å²) in [6, 6.07) is 4.12. The molecule has 0 aliphatic heterocycles. The number of benzene rings is 1. The fourth-order valence-corrected chi connectivity index (χ4v) is 1.43. The molecule has 0 spiro atoms. The Morgan fingerprint density at radius 3 is 2.56 bits per heavy atom. The number of anilines is 1. The van der Waals surface area contributed by atoms with E-state index in [2.05, 4.69) is 26.6 Å². The first-order valence-corrected chi connectivity index (χ1v) is 5.61. The van der Waals surface area contributed by atoms with Crippen LogP contribution >= 0.6 is 15.9 Å². The molecule has 0 unspecified atom stereocenters. The van der Waals surface area contributed by atoms with Crippen LogP contribution in [0.5, 0.6) is 0 Å². The molecule has 5 heteroatoms. The molecule has 88 valence electrons. The van der Waals surface area contributed by atoms with E-state index < -0.39 is 5.54 Å². The highest BCUT2D eigenvalue weighted by Gasteiger charge is 2.25. The molecule has 0 saturated carbocycles. The fraction of sp³-hybridized carbons (Fsp3) is 0.364. The molecule has 1 aromatic rings. The predicted molar refractivity (Wildman–Crippen MR) is 65.9 cm³/mol. The van der Waals surface area contributed by atoms with E-state index >= 15 is 0 Å². The number of likely N-dealkylation sites (N-methyl/N-ethyl adjacent to an activating group) is 1. The van der Waals surface area contributed by atoms with Crippen LogP contribution in [0.15, 0.2) is 22.7 Å². The summed E-state index contributed by atoms with van der Waals surface area (Å²) in [5.41, 5.74) is -0.122. The Labute approximate surface area is 103 Å². The summed E-state index contributed by atoms with van der Waals surface area (Å²) in [5.74, 6) is -0.528. The van der Waals surface area contributed by atoms with Gasteiger partial charge in [-0.05, 0) is 55.0 Å². The van der Waals surface area contributed by atoms with Gasteiger partial charge in [-0.1, -0.05) is 0 Å². The van der Waals surface area contributed by atoms with Gasteiger partial charge in [0.05, 0.1) is 11.2 Å². The Morgan fingerprint density at radius 2 is 2.06 bits per heavy atom. The smallest absolute Gasteiger partial charge is 0.244 e. The molecular weight excluding hydrogens is 275 g/mol. The number of carbonyl (C=O) groups is 1. The normalized spacial score (nSPS) is 11.3. The van der Waals surface area contributed by atoms with Crippen molar-refractivity contribution in [1.82, 2.24) is 5.32 Å². The molecule has 0 aliphatic rings. The summed E-state index contributed by atoms with van der Waals surface area (Å²) in [5, 5.41) is 5.60. The fourth-order valence-electron chi connectivity index (χ4n) is 0.983. The van der Waals surface area contributed by atoms with Crippen molar-refractivity contribution in [2.24, 2.45) is 0 Å². The zero-order valence-electron chi connectivity index (χ0n) is 9.40. The molecule has 2 N–H and O–H groups in total. The maximum absolute atomic E-state index is 12.8. The lowest BCUT2D eigenvalue weighted by atomic mass is 10.1. The highest BCUT2D eigenvalue weighted by molar-refractivity contribution is 9.10. The predicted octanol–water partition coefficient (Wildman–Crippen LogP) is 2.52. The topological polar surface area (TPSA) is 41.1 Å². The quantitative estimate of drug-likeness (QED) is 0.897. The van der Waals surface area contributed by atoms with Crippen LogP contribution in [0.25, 0.3) is 0 Å². The minimum atomic E-state index is -0.673. The molecule has 0 aromatic heterocycles. The largest absolute Gasteiger partial charge is 0.323 e. The molecule has 0 fully saturated rings. The third-order valence-corrected chi connectivity index (χ3v) is 3.03. The van der Waals surface area contributed by atoms with Crippen LogP contribution in [0.2, 0.25) is 0 Å². The van der Waals surface area contributed by atoms with Crippen LogP contribution < -0.4 is 10.6 Å². The Balaban J connectivity index is 2.85. The van der Waals surface area contributed by atoms with Gasteiger partial charge in [-0.15, -0.1) is 0 Å². The van der Waals surface area contributed by atoms with E-state index in [0.29, 0.717) is 10.2 Å². The molecule has 1 amide bonds. The molecule has 0 heterocycles. The van der Waals surface area contributed by atoms with Gasteiger partial charge in [0, 0.05) is 4.47 Å². The monoisotopic (exact) mass is 288 g/mol. The number of halogens is 2. The van der Waals surface area contributed by atoms with Crippen molar-refractivity contribution in [3.8, 4) is 0 Å². The van der Waals surface area contributed by atoms with E-state index in [-0.39, 0.29) is 11.7 Å². The molecule has 0 aliphatic carbocycles. The van der Waals surface area contributed by atoms with Crippen molar-refractivity contribution in [3.63, 3.8) is 0 Å². The lowest BCUT2D eigenvalue weighted by molar-refractivity contribution is -0.121. The van der Waals surface area contributed by atoms with Crippen molar-refractivity contribution in [2.45, 2.75) is 19.4 Å². The van der Waals surface area contributed by atoms with Gasteiger partial charge in [-0.2, -0.15) is 0 Å². The van der Waals surface area contributed by atoms with Crippen LogP contribution in [0.3, 0.4) is 0 Å². The Bertz CT molecular complexity index is 407. The number of rotatable bonds is 3. The number of hydrogen-bond donors (Lipinski definition) is 2. The summed E-state index contributed by atoms with van der Waals surface area (Å²) in [7, 11) is 1.71. The Hall–Kier alpha value is -0.940. The van der Waals surface area contributed by atoms with Crippen molar-refractivity contribution in [2.75, 3.05) is 12.4 Å². The summed E-state index contributed by atoms with van der Waals surface area (Å²) in [4.78, 5) is 11.8. The van der Waals surface area contributed by atoms with E-state index in [9.17, 15) is 9.18 Å². The second-order valence-corrected chi connectivity index (χ2v) is 4.81. The Kier molecular flexibility index (Phi) is 4.04. The Morgan fingerprint density at radius 1 is 1.44 bits per heavy atom. The molecule has 0 atom stereocenters. The number of nitrogens with one attached hydrogen (secondary N) is 2. The SMILES string of the molecule is CNC(C)(C)C(=O)Nc1ccc(F)cc1Br. The van der Waals surface area contributed by atoms with Crippen molar-refractivity contribution in [1.29, 1.82) is 0 Å². The first kappa shape index (κ1) is 13.1. The first-order valence-electron chi connectivity index (χ1n) is 4.82. The van der Waals surface area contributed by atoms with E-state index in [1.165, 1.54) is 18.2 Å². The highest BCUT2D eigenvalue weighted by atomic mass is 79.9. The first-order chi connectivity index (χ1) is 7.36. The summed E-state index contributed by atoms with van der Waals surface area (Å²) < 4.78 is 13.4. The molecule has 0 bridgehead atoms. The average molecular weight is 289 g/mol. The van der Waals surface area contributed by atoms with Gasteiger partial charge in [-0.25, -0.2) is 4.39 Å². The average Bonchev–Trinajstić information content (AvgIpc) is 2.22. The zero-order valence-corrected chi connectivity index (χ0v) is 11.0. The summed E-state index contributed by atoms with van der Waals surface area (Å²) >= 11 is 3.19. The van der Waals surface area contributed by atoms with E-state index in [1.807, 2.05) is 0 Å². The van der Waals surface area contributed by atoms with Crippen LogP contribution in [0.1, 0.15) is 13.8 Å². The third kappa shape index (κ3) is 3.02. The summed E-state index contributed by atoms with van der Waals surface area (Å²) in [6.07, 6.45) is 0. The highest BCUT2D eigenvalue weighted by Crippen LogP contribution is 2.23. The van der Waals surface area contributed by atoms with Crippen LogP contribution in [0.4, 0.5) is 10.1 Å². The molecular formula is C11H14BrFN2O. The van der Waals surface area contributed by atoms with E-state index in [4.69, 9.17) is 0 Å². The van der Waals surface area contributed by atoms with Crippen LogP contribution in [0, 0.1) is 5.82 Å². The molecule has 0 saturated heterocycles. The lowest BCUT2D eigenvalue weighted by Crippen LogP contribution is -2.47. The third-order valence-electron chi connectivity index (χ3n) is 2.37. The lowest BCUT2D eigenvalue weighted by Gasteiger charge is -2.23. The number of amides is 1. The molecule has 1 aromatic carbocycles. The van der Waals surface area contributed by atoms with Gasteiger partial charge in [0.25, 0.3) is 0 Å². The van der Waals surface area contributed by atoms with Crippen LogP contribution in [-0.2, 0) is 4.79 Å². The minimum Gasteiger partial charge on any atom is -0.323 e. The van der Waals surface area contributed by atoms with Crippen molar-refractivity contribution in [3.05, 3.63) is 28.5 Å². The number of hydrogen-bond acceptors (Lipinski definition) is 2. The van der Waals surface area contributed by atoms with Gasteiger partial charge < -0.3 is 10.6 Å². The minimum absolute atomic E-state index is 0.178. The van der Waals surface area contributed by atoms with Gasteiger partial charge in [0.15, 0.2) is 0 Å². The van der Waals surface area contributed by atoms with Crippen LogP contribution in [-0.4, -0.2) is 18.5 Å². The second-order valence-electron chi connectivity index (χ2n) is 3.95. The van der Waals surface area contributed by atoms with Crippen molar-refractivity contribution < 1.29 is 9.18 Å². The van der Waals surface area contributed by atoms with E-state index in [0.717, 1.165) is 0 Å². The zero-order chi connectivity index (χ0) is 12.3. The summed E-state index contributed by atoms with van der Waals surface area (Å²) in [6.45, 7) is 3.53. The molecule has 1 rings (SSSR count). The molecule has 16 heavy (non-hydrogen) atoms. The van der Waals surface area contributed by atoms with E-state index in [1.54, 1.807) is 20.9 Å². The van der Waals surface area contributed by atoms with Crippen molar-refractivity contribution >= 4 is 27.5 Å². The molecule has 0 radical (unpaired) electrons. The maximum atomic E-state index is 12.8. The maximum Gasteiger partial charge on any atom is 0.244 e.